The highest BCUT2D eigenvalue weighted by molar-refractivity contribution is 5.97. The largest absolute Gasteiger partial charge is 0.295 e. The number of carbonyl (C=O) groups is 1. The van der Waals surface area contributed by atoms with Crippen LogP contribution in [0.5, 0.6) is 0 Å². The van der Waals surface area contributed by atoms with Gasteiger partial charge in [-0.15, -0.1) is 0 Å². The second-order valence-electron chi connectivity index (χ2n) is 2.15. The van der Waals surface area contributed by atoms with Crippen molar-refractivity contribution >= 4 is 5.78 Å². The maximum Gasteiger partial charge on any atom is 0.160 e. The maximum atomic E-state index is 10.8. The van der Waals surface area contributed by atoms with Gasteiger partial charge in [0.1, 0.15) is 0 Å². The van der Waals surface area contributed by atoms with E-state index in [4.69, 9.17) is 0 Å². The van der Waals surface area contributed by atoms with Crippen LogP contribution < -0.4 is 0 Å². The van der Waals surface area contributed by atoms with Crippen LogP contribution in [0.1, 0.15) is 41.5 Å². The van der Waals surface area contributed by atoms with Crippen LogP contribution in [0, 0.1) is 0 Å². The molecule has 0 aliphatic heterocycles. The first kappa shape index (κ1) is 18.6. The number of carbonyl (C=O) groups excluding carboxylic acids is 1. The Hall–Kier alpha value is -1.11. The van der Waals surface area contributed by atoms with E-state index in [-0.39, 0.29) is 5.78 Å². The molecule has 82 valence electrons. The minimum absolute atomic E-state index is 0.0346. The summed E-state index contributed by atoms with van der Waals surface area (Å²) in [5.74, 6) is 0.0346. The molecule has 1 heteroatoms. The van der Waals surface area contributed by atoms with Crippen molar-refractivity contribution < 1.29 is 4.79 Å². The molecule has 0 saturated heterocycles. The third-order valence-electron chi connectivity index (χ3n) is 1.12. The van der Waals surface area contributed by atoms with Crippen molar-refractivity contribution in [2.45, 2.75) is 41.5 Å². The van der Waals surface area contributed by atoms with Gasteiger partial charge < -0.3 is 0 Å². The number of Topliss-reactive ketones (excluding diaryl/α,β-unsaturated/α-hetero) is 1. The molecule has 0 aliphatic rings. The molecule has 14 heavy (non-hydrogen) atoms. The lowest BCUT2D eigenvalue weighted by Gasteiger charge is -1.98. The summed E-state index contributed by atoms with van der Waals surface area (Å²) in [6, 6.07) is 0. The summed E-state index contributed by atoms with van der Waals surface area (Å²) in [6.07, 6.45) is 3.26. The second kappa shape index (κ2) is 14.4. The van der Waals surface area contributed by atoms with Crippen LogP contribution in [0.25, 0.3) is 0 Å². The zero-order chi connectivity index (χ0) is 12.1. The summed E-state index contributed by atoms with van der Waals surface area (Å²) in [4.78, 5) is 10.8. The van der Waals surface area contributed by atoms with Crippen molar-refractivity contribution in [3.05, 3.63) is 36.5 Å². The van der Waals surface area contributed by atoms with Gasteiger partial charge >= 0.3 is 0 Å². The van der Waals surface area contributed by atoms with Gasteiger partial charge in [0.05, 0.1) is 0 Å². The van der Waals surface area contributed by atoms with Crippen molar-refractivity contribution in [2.24, 2.45) is 0 Å². The molecular weight excluding hydrogens is 172 g/mol. The quantitative estimate of drug-likeness (QED) is 0.485. The lowest BCUT2D eigenvalue weighted by atomic mass is 10.1. The van der Waals surface area contributed by atoms with E-state index >= 15 is 0 Å². The minimum Gasteiger partial charge on any atom is -0.295 e. The zero-order valence-electron chi connectivity index (χ0n) is 10.5. The van der Waals surface area contributed by atoms with Gasteiger partial charge in [0.25, 0.3) is 0 Å². The van der Waals surface area contributed by atoms with Crippen molar-refractivity contribution in [1.82, 2.24) is 0 Å². The fraction of sp³-hybridized carbons (Fsp3) is 0.462. The van der Waals surface area contributed by atoms with Crippen LogP contribution in [0.3, 0.4) is 0 Å². The molecule has 0 amide bonds. The van der Waals surface area contributed by atoms with Crippen LogP contribution in [0.4, 0.5) is 0 Å². The molecule has 0 aromatic carbocycles. The first-order chi connectivity index (χ1) is 6.59. The number of hydrogen-bond donors (Lipinski definition) is 0. The molecule has 0 fully saturated rings. The molecule has 0 radical (unpaired) electrons. The smallest absolute Gasteiger partial charge is 0.160 e. The van der Waals surface area contributed by atoms with Crippen molar-refractivity contribution in [2.75, 3.05) is 0 Å². The van der Waals surface area contributed by atoms with E-state index in [1.807, 2.05) is 27.7 Å². The van der Waals surface area contributed by atoms with Gasteiger partial charge in [0.2, 0.25) is 0 Å². The molecule has 0 spiro atoms. The van der Waals surface area contributed by atoms with Gasteiger partial charge in [0, 0.05) is 5.57 Å². The SMILES string of the molecule is C=C/C=C(\C(=C)C)C(C)=O.CC.CC. The Morgan fingerprint density at radius 1 is 1.07 bits per heavy atom. The lowest BCUT2D eigenvalue weighted by Crippen LogP contribution is -1.96. The maximum absolute atomic E-state index is 10.8. The molecule has 0 atom stereocenters. The predicted molar refractivity (Wildman–Crippen MR) is 66.5 cm³/mol. The molecule has 0 rings (SSSR count). The van der Waals surface area contributed by atoms with Gasteiger partial charge in [-0.2, -0.15) is 0 Å². The van der Waals surface area contributed by atoms with Gasteiger partial charge in [-0.3, -0.25) is 4.79 Å². The molecule has 0 aromatic rings. The molecule has 0 unspecified atom stereocenters. The summed E-state index contributed by atoms with van der Waals surface area (Å²) in [5, 5.41) is 0. The number of allylic oxidation sites excluding steroid dienone is 4. The van der Waals surface area contributed by atoms with E-state index in [1.54, 1.807) is 19.1 Å². The van der Waals surface area contributed by atoms with Crippen molar-refractivity contribution in [1.29, 1.82) is 0 Å². The summed E-state index contributed by atoms with van der Waals surface area (Å²) in [5.41, 5.74) is 1.43. The van der Waals surface area contributed by atoms with Crippen LogP contribution >= 0.6 is 0 Å². The Morgan fingerprint density at radius 2 is 1.43 bits per heavy atom. The summed E-state index contributed by atoms with van der Waals surface area (Å²) >= 11 is 0. The second-order valence-corrected chi connectivity index (χ2v) is 2.15. The highest BCUT2D eigenvalue weighted by Gasteiger charge is 2.00. The van der Waals surface area contributed by atoms with E-state index in [1.165, 1.54) is 6.92 Å². The van der Waals surface area contributed by atoms with Crippen LogP contribution in [0.2, 0.25) is 0 Å². The van der Waals surface area contributed by atoms with Crippen molar-refractivity contribution in [3.8, 4) is 0 Å². The van der Waals surface area contributed by atoms with Gasteiger partial charge in [-0.05, 0) is 19.4 Å². The normalized spacial score (nSPS) is 8.57. The van der Waals surface area contributed by atoms with E-state index in [2.05, 4.69) is 13.2 Å². The standard InChI is InChI=1S/C9H12O.2C2H6/c1-5-6-9(7(2)3)8(4)10;2*1-2/h5-6H,1-2H2,3-4H3;2*1-2H3/b9-6+;;. The lowest BCUT2D eigenvalue weighted by molar-refractivity contribution is -0.113. The fourth-order valence-electron chi connectivity index (χ4n) is 0.678. The van der Waals surface area contributed by atoms with Gasteiger partial charge in [0.15, 0.2) is 5.78 Å². The first-order valence-corrected chi connectivity index (χ1v) is 5.09. The molecule has 0 bridgehead atoms. The van der Waals surface area contributed by atoms with Crippen molar-refractivity contribution in [3.63, 3.8) is 0 Å². The number of hydrogen-bond acceptors (Lipinski definition) is 1. The van der Waals surface area contributed by atoms with Gasteiger partial charge in [-0.25, -0.2) is 0 Å². The van der Waals surface area contributed by atoms with E-state index < -0.39 is 0 Å². The number of rotatable bonds is 3. The Bertz CT molecular complexity index is 181. The summed E-state index contributed by atoms with van der Waals surface area (Å²) < 4.78 is 0. The molecule has 0 N–H and O–H groups in total. The minimum atomic E-state index is 0.0346. The van der Waals surface area contributed by atoms with Crippen LogP contribution in [-0.4, -0.2) is 5.78 Å². The van der Waals surface area contributed by atoms with Crippen LogP contribution in [-0.2, 0) is 4.79 Å². The summed E-state index contributed by atoms with van der Waals surface area (Å²) in [6.45, 7) is 18.5. The number of ketones is 1. The first-order valence-electron chi connectivity index (χ1n) is 5.09. The van der Waals surface area contributed by atoms with Crippen LogP contribution in [0.15, 0.2) is 36.5 Å². The highest BCUT2D eigenvalue weighted by atomic mass is 16.1. The highest BCUT2D eigenvalue weighted by Crippen LogP contribution is 2.07. The average Bonchev–Trinajstić information content (AvgIpc) is 2.19. The molecule has 0 saturated carbocycles. The van der Waals surface area contributed by atoms with E-state index in [0.29, 0.717) is 5.57 Å². The molecular formula is C13H24O. The topological polar surface area (TPSA) is 17.1 Å². The molecule has 0 aromatic heterocycles. The van der Waals surface area contributed by atoms with E-state index in [9.17, 15) is 4.79 Å². The average molecular weight is 196 g/mol. The predicted octanol–water partition coefficient (Wildman–Crippen LogP) is 4.32. The summed E-state index contributed by atoms with van der Waals surface area (Å²) in [7, 11) is 0. The Morgan fingerprint density at radius 3 is 1.50 bits per heavy atom. The zero-order valence-corrected chi connectivity index (χ0v) is 10.5. The Balaban J connectivity index is -0.000000266. The third kappa shape index (κ3) is 10.9. The van der Waals surface area contributed by atoms with Gasteiger partial charge in [-0.1, -0.05) is 53.0 Å². The van der Waals surface area contributed by atoms with E-state index in [0.717, 1.165) is 5.57 Å². The molecule has 1 nitrogen and oxygen atoms in total. The Labute approximate surface area is 89.2 Å². The Kier molecular flexibility index (Phi) is 19.2. The third-order valence-corrected chi connectivity index (χ3v) is 1.12. The fourth-order valence-corrected chi connectivity index (χ4v) is 0.678. The molecule has 0 heterocycles. The monoisotopic (exact) mass is 196 g/mol. The molecule has 0 aliphatic carbocycles.